The highest BCUT2D eigenvalue weighted by atomic mass is 16.5. The maximum absolute atomic E-state index is 12.1. The van der Waals surface area contributed by atoms with Gasteiger partial charge >= 0.3 is 0 Å². The molecule has 0 bridgehead atoms. The van der Waals surface area contributed by atoms with Crippen LogP contribution in [-0.2, 0) is 17.8 Å². The van der Waals surface area contributed by atoms with Gasteiger partial charge in [-0.1, -0.05) is 24.3 Å². The summed E-state index contributed by atoms with van der Waals surface area (Å²) in [4.78, 5) is 12.1. The fourth-order valence-electron chi connectivity index (χ4n) is 2.01. The molecule has 2 aromatic carbocycles. The number of amides is 1. The summed E-state index contributed by atoms with van der Waals surface area (Å²) >= 11 is 0. The summed E-state index contributed by atoms with van der Waals surface area (Å²) in [6, 6.07) is 14.8. The Morgan fingerprint density at radius 2 is 1.67 bits per heavy atom. The molecule has 0 saturated carbocycles. The van der Waals surface area contributed by atoms with Crippen molar-refractivity contribution in [2.75, 3.05) is 19.0 Å². The summed E-state index contributed by atoms with van der Waals surface area (Å²) in [6.45, 7) is 0.660. The van der Waals surface area contributed by atoms with Crippen LogP contribution in [0.5, 0.6) is 0 Å². The molecule has 2 rings (SSSR count). The van der Waals surface area contributed by atoms with Gasteiger partial charge in [-0.15, -0.1) is 0 Å². The third-order valence-corrected chi connectivity index (χ3v) is 3.14. The van der Waals surface area contributed by atoms with Crippen molar-refractivity contribution >= 4 is 11.6 Å². The molecule has 4 heteroatoms. The Morgan fingerprint density at radius 3 is 2.24 bits per heavy atom. The number of benzene rings is 2. The lowest BCUT2D eigenvalue weighted by Crippen LogP contribution is -2.11. The zero-order chi connectivity index (χ0) is 15.1. The Kier molecular flexibility index (Phi) is 5.49. The first-order valence-electron chi connectivity index (χ1n) is 6.82. The van der Waals surface area contributed by atoms with Crippen molar-refractivity contribution in [3.8, 4) is 0 Å². The van der Waals surface area contributed by atoms with Crippen LogP contribution in [0.4, 0.5) is 5.69 Å². The Hall–Kier alpha value is -2.17. The Morgan fingerprint density at radius 1 is 1.05 bits per heavy atom. The van der Waals surface area contributed by atoms with Crippen LogP contribution in [0, 0.1) is 0 Å². The number of methoxy groups -OCH3 is 1. The van der Waals surface area contributed by atoms with E-state index in [1.54, 1.807) is 19.2 Å². The van der Waals surface area contributed by atoms with Crippen molar-refractivity contribution in [1.82, 2.24) is 0 Å². The fourth-order valence-corrected chi connectivity index (χ4v) is 2.01. The second kappa shape index (κ2) is 7.57. The molecular weight excluding hydrogens is 266 g/mol. The summed E-state index contributed by atoms with van der Waals surface area (Å²) < 4.78 is 5.04. The maximum Gasteiger partial charge on any atom is 0.255 e. The van der Waals surface area contributed by atoms with Gasteiger partial charge in [-0.25, -0.2) is 0 Å². The highest BCUT2D eigenvalue weighted by Gasteiger charge is 2.06. The second-order valence-corrected chi connectivity index (χ2v) is 4.75. The van der Waals surface area contributed by atoms with Gasteiger partial charge in [0.2, 0.25) is 0 Å². The van der Waals surface area contributed by atoms with Gasteiger partial charge in [-0.2, -0.15) is 0 Å². The van der Waals surface area contributed by atoms with Gasteiger partial charge in [0, 0.05) is 25.0 Å². The van der Waals surface area contributed by atoms with Crippen LogP contribution in [0.25, 0.3) is 0 Å². The minimum atomic E-state index is -0.145. The summed E-state index contributed by atoms with van der Waals surface area (Å²) in [7, 11) is 1.64. The lowest BCUT2D eigenvalue weighted by molar-refractivity contribution is 0.102. The second-order valence-electron chi connectivity index (χ2n) is 4.75. The average molecular weight is 285 g/mol. The van der Waals surface area contributed by atoms with Gasteiger partial charge in [-0.05, 0) is 41.8 Å². The van der Waals surface area contributed by atoms with E-state index in [2.05, 4.69) is 5.32 Å². The molecule has 110 valence electrons. The van der Waals surface area contributed by atoms with Gasteiger partial charge in [0.15, 0.2) is 0 Å². The van der Waals surface area contributed by atoms with E-state index < -0.39 is 0 Å². The normalized spacial score (nSPS) is 10.4. The van der Waals surface area contributed by atoms with Crippen LogP contribution in [0.2, 0.25) is 0 Å². The molecule has 2 aromatic rings. The number of carbonyl (C=O) groups excluding carboxylic acids is 1. The predicted molar refractivity (Wildman–Crippen MR) is 82.3 cm³/mol. The number of aliphatic hydroxyl groups excluding tert-OH is 1. The maximum atomic E-state index is 12.1. The smallest absolute Gasteiger partial charge is 0.255 e. The molecular formula is C17H19NO3. The summed E-state index contributed by atoms with van der Waals surface area (Å²) in [5.74, 6) is -0.145. The standard InChI is InChI=1S/C17H19NO3/c1-21-12-14-2-6-15(7-3-14)17(20)18-16-8-4-13(5-9-16)10-11-19/h2-9,19H,10-12H2,1H3,(H,18,20). The van der Waals surface area contributed by atoms with Gasteiger partial charge in [-0.3, -0.25) is 4.79 Å². The minimum Gasteiger partial charge on any atom is -0.396 e. The molecule has 0 unspecified atom stereocenters. The van der Waals surface area contributed by atoms with E-state index in [0.29, 0.717) is 18.6 Å². The number of carbonyl (C=O) groups is 1. The zero-order valence-electron chi connectivity index (χ0n) is 12.0. The molecule has 1 amide bonds. The van der Waals surface area contributed by atoms with Crippen LogP contribution in [-0.4, -0.2) is 24.7 Å². The Balaban J connectivity index is 2.00. The van der Waals surface area contributed by atoms with Crippen LogP contribution >= 0.6 is 0 Å². The van der Waals surface area contributed by atoms with E-state index in [4.69, 9.17) is 9.84 Å². The largest absolute Gasteiger partial charge is 0.396 e. The minimum absolute atomic E-state index is 0.125. The van der Waals surface area contributed by atoms with Crippen LogP contribution in [0.1, 0.15) is 21.5 Å². The third-order valence-electron chi connectivity index (χ3n) is 3.14. The summed E-state index contributed by atoms with van der Waals surface area (Å²) in [5.41, 5.74) is 3.42. The number of anilines is 1. The van der Waals surface area contributed by atoms with Crippen LogP contribution in [0.3, 0.4) is 0 Å². The molecule has 0 aliphatic rings. The molecule has 4 nitrogen and oxygen atoms in total. The van der Waals surface area contributed by atoms with Crippen molar-refractivity contribution < 1.29 is 14.6 Å². The molecule has 0 spiro atoms. The quantitative estimate of drug-likeness (QED) is 0.857. The van der Waals surface area contributed by atoms with Crippen molar-refractivity contribution in [2.24, 2.45) is 0 Å². The van der Waals surface area contributed by atoms with E-state index >= 15 is 0 Å². The fraction of sp³-hybridized carbons (Fsp3) is 0.235. The first-order chi connectivity index (χ1) is 10.2. The molecule has 0 radical (unpaired) electrons. The van der Waals surface area contributed by atoms with Crippen molar-refractivity contribution in [2.45, 2.75) is 13.0 Å². The number of hydrogen-bond acceptors (Lipinski definition) is 3. The highest BCUT2D eigenvalue weighted by molar-refractivity contribution is 6.04. The monoisotopic (exact) mass is 285 g/mol. The first-order valence-corrected chi connectivity index (χ1v) is 6.82. The summed E-state index contributed by atoms with van der Waals surface area (Å²) in [6.07, 6.45) is 0.620. The van der Waals surface area contributed by atoms with Crippen LogP contribution in [0.15, 0.2) is 48.5 Å². The van der Waals surface area contributed by atoms with E-state index in [-0.39, 0.29) is 12.5 Å². The van der Waals surface area contributed by atoms with Crippen molar-refractivity contribution in [1.29, 1.82) is 0 Å². The molecule has 0 fully saturated rings. The van der Waals surface area contributed by atoms with E-state index in [0.717, 1.165) is 16.8 Å². The van der Waals surface area contributed by atoms with E-state index in [9.17, 15) is 4.79 Å². The van der Waals surface area contributed by atoms with Crippen LogP contribution < -0.4 is 5.32 Å². The summed E-state index contributed by atoms with van der Waals surface area (Å²) in [5, 5.41) is 11.7. The van der Waals surface area contributed by atoms with E-state index in [1.165, 1.54) is 0 Å². The van der Waals surface area contributed by atoms with Gasteiger partial charge in [0.1, 0.15) is 0 Å². The first kappa shape index (κ1) is 15.2. The molecule has 0 aromatic heterocycles. The van der Waals surface area contributed by atoms with Crippen molar-refractivity contribution in [3.63, 3.8) is 0 Å². The number of hydrogen-bond donors (Lipinski definition) is 2. The molecule has 21 heavy (non-hydrogen) atoms. The Labute approximate surface area is 124 Å². The average Bonchev–Trinajstić information content (AvgIpc) is 2.50. The number of nitrogens with one attached hydrogen (secondary N) is 1. The zero-order valence-corrected chi connectivity index (χ0v) is 12.0. The Bertz CT molecular complexity index is 576. The predicted octanol–water partition coefficient (Wildman–Crippen LogP) is 2.62. The molecule has 0 heterocycles. The lowest BCUT2D eigenvalue weighted by atomic mass is 10.1. The molecule has 2 N–H and O–H groups in total. The van der Waals surface area contributed by atoms with Gasteiger partial charge in [0.25, 0.3) is 5.91 Å². The number of aliphatic hydroxyl groups is 1. The topological polar surface area (TPSA) is 58.6 Å². The number of ether oxygens (including phenoxy) is 1. The van der Waals surface area contributed by atoms with Gasteiger partial charge in [0.05, 0.1) is 6.61 Å². The molecule has 0 saturated heterocycles. The lowest BCUT2D eigenvalue weighted by Gasteiger charge is -2.07. The molecule has 0 atom stereocenters. The third kappa shape index (κ3) is 4.41. The van der Waals surface area contributed by atoms with Crippen molar-refractivity contribution in [3.05, 3.63) is 65.2 Å². The highest BCUT2D eigenvalue weighted by Crippen LogP contribution is 2.12. The molecule has 0 aliphatic carbocycles. The molecule has 0 aliphatic heterocycles. The van der Waals surface area contributed by atoms with E-state index in [1.807, 2.05) is 36.4 Å². The van der Waals surface area contributed by atoms with Gasteiger partial charge < -0.3 is 15.2 Å². The SMILES string of the molecule is COCc1ccc(C(=O)Nc2ccc(CCO)cc2)cc1. The number of rotatable bonds is 6.